The maximum absolute atomic E-state index is 11.7. The molecule has 1 fully saturated rings. The van der Waals surface area contributed by atoms with Crippen molar-refractivity contribution in [1.29, 1.82) is 0 Å². The Bertz CT molecular complexity index is 367. The van der Waals surface area contributed by atoms with Gasteiger partial charge in [0.2, 0.25) is 5.91 Å². The SMILES string of the molecule is CCC(C)[C@H](N)C(=O)NCC1CCCS1(=O)=O. The van der Waals surface area contributed by atoms with Crippen molar-refractivity contribution in [3.8, 4) is 0 Å². The van der Waals surface area contributed by atoms with E-state index in [1.54, 1.807) is 0 Å². The topological polar surface area (TPSA) is 89.3 Å². The van der Waals surface area contributed by atoms with Gasteiger partial charge in [-0.25, -0.2) is 8.42 Å². The molecule has 6 heteroatoms. The highest BCUT2D eigenvalue weighted by molar-refractivity contribution is 7.92. The summed E-state index contributed by atoms with van der Waals surface area (Å²) < 4.78 is 23.1. The summed E-state index contributed by atoms with van der Waals surface area (Å²) >= 11 is 0. The van der Waals surface area contributed by atoms with Crippen molar-refractivity contribution in [3.05, 3.63) is 0 Å². The van der Waals surface area contributed by atoms with Crippen LogP contribution in [0, 0.1) is 5.92 Å². The van der Waals surface area contributed by atoms with Crippen molar-refractivity contribution >= 4 is 15.7 Å². The van der Waals surface area contributed by atoms with E-state index in [0.717, 1.165) is 6.42 Å². The van der Waals surface area contributed by atoms with Crippen molar-refractivity contribution in [2.45, 2.75) is 44.4 Å². The number of hydrogen-bond acceptors (Lipinski definition) is 4. The minimum absolute atomic E-state index is 0.107. The van der Waals surface area contributed by atoms with Crippen LogP contribution in [0.3, 0.4) is 0 Å². The van der Waals surface area contributed by atoms with E-state index in [9.17, 15) is 13.2 Å². The summed E-state index contributed by atoms with van der Waals surface area (Å²) in [6, 6.07) is -0.552. The van der Waals surface area contributed by atoms with Crippen LogP contribution in [0.1, 0.15) is 33.1 Å². The van der Waals surface area contributed by atoms with Gasteiger partial charge in [0.25, 0.3) is 0 Å². The zero-order chi connectivity index (χ0) is 13.1. The van der Waals surface area contributed by atoms with Gasteiger partial charge in [-0.15, -0.1) is 0 Å². The Morgan fingerprint density at radius 2 is 2.18 bits per heavy atom. The molecule has 1 aliphatic rings. The summed E-state index contributed by atoms with van der Waals surface area (Å²) in [6.07, 6.45) is 2.16. The van der Waals surface area contributed by atoms with E-state index in [2.05, 4.69) is 5.32 Å². The highest BCUT2D eigenvalue weighted by Crippen LogP contribution is 2.19. The van der Waals surface area contributed by atoms with Crippen LogP contribution in [-0.2, 0) is 14.6 Å². The summed E-state index contributed by atoms with van der Waals surface area (Å²) in [5, 5.41) is 2.23. The maximum Gasteiger partial charge on any atom is 0.237 e. The van der Waals surface area contributed by atoms with E-state index in [1.165, 1.54) is 0 Å². The average molecular weight is 262 g/mol. The third-order valence-corrected chi connectivity index (χ3v) is 5.80. The predicted molar refractivity (Wildman–Crippen MR) is 67.2 cm³/mol. The van der Waals surface area contributed by atoms with Crippen LogP contribution < -0.4 is 11.1 Å². The largest absolute Gasteiger partial charge is 0.353 e. The molecule has 0 saturated carbocycles. The van der Waals surface area contributed by atoms with Gasteiger partial charge in [-0.1, -0.05) is 20.3 Å². The van der Waals surface area contributed by atoms with E-state index in [1.807, 2.05) is 13.8 Å². The second-order valence-electron chi connectivity index (χ2n) is 4.79. The first-order valence-electron chi connectivity index (χ1n) is 6.13. The van der Waals surface area contributed by atoms with E-state index < -0.39 is 21.1 Å². The summed E-state index contributed by atoms with van der Waals surface area (Å²) in [5.74, 6) is 0.0990. The molecule has 0 aromatic carbocycles. The molecule has 0 radical (unpaired) electrons. The Kier molecular flexibility index (Phi) is 4.94. The number of amides is 1. The van der Waals surface area contributed by atoms with E-state index in [4.69, 9.17) is 5.73 Å². The van der Waals surface area contributed by atoms with Crippen LogP contribution in [0.5, 0.6) is 0 Å². The number of nitrogens with one attached hydrogen (secondary N) is 1. The molecule has 0 aromatic rings. The Morgan fingerprint density at radius 3 is 2.65 bits per heavy atom. The fourth-order valence-electron chi connectivity index (χ4n) is 1.93. The monoisotopic (exact) mass is 262 g/mol. The fraction of sp³-hybridized carbons (Fsp3) is 0.909. The van der Waals surface area contributed by atoms with Crippen LogP contribution in [0.15, 0.2) is 0 Å². The zero-order valence-corrected chi connectivity index (χ0v) is 11.3. The van der Waals surface area contributed by atoms with Crippen LogP contribution >= 0.6 is 0 Å². The van der Waals surface area contributed by atoms with Crippen LogP contribution in [-0.4, -0.2) is 37.9 Å². The van der Waals surface area contributed by atoms with Gasteiger partial charge in [0, 0.05) is 6.54 Å². The van der Waals surface area contributed by atoms with Crippen molar-refractivity contribution in [2.75, 3.05) is 12.3 Å². The number of nitrogens with two attached hydrogens (primary N) is 1. The molecule has 1 saturated heterocycles. The summed E-state index contributed by atoms with van der Waals surface area (Å²) in [6.45, 7) is 4.08. The van der Waals surface area contributed by atoms with Crippen LogP contribution in [0.25, 0.3) is 0 Å². The molecule has 1 amide bonds. The van der Waals surface area contributed by atoms with Crippen molar-refractivity contribution < 1.29 is 13.2 Å². The van der Waals surface area contributed by atoms with Gasteiger partial charge in [-0.2, -0.15) is 0 Å². The van der Waals surface area contributed by atoms with Crippen molar-refractivity contribution in [1.82, 2.24) is 5.32 Å². The number of carbonyl (C=O) groups is 1. The van der Waals surface area contributed by atoms with E-state index in [-0.39, 0.29) is 24.1 Å². The van der Waals surface area contributed by atoms with Gasteiger partial charge in [0.05, 0.1) is 17.0 Å². The molecule has 3 atom stereocenters. The zero-order valence-electron chi connectivity index (χ0n) is 10.5. The van der Waals surface area contributed by atoms with Crippen LogP contribution in [0.4, 0.5) is 0 Å². The number of rotatable bonds is 5. The van der Waals surface area contributed by atoms with Gasteiger partial charge >= 0.3 is 0 Å². The second-order valence-corrected chi connectivity index (χ2v) is 7.19. The van der Waals surface area contributed by atoms with Crippen molar-refractivity contribution in [2.24, 2.45) is 11.7 Å². The Hall–Kier alpha value is -0.620. The molecule has 100 valence electrons. The fourth-order valence-corrected chi connectivity index (χ4v) is 3.70. The van der Waals surface area contributed by atoms with Gasteiger partial charge in [0.1, 0.15) is 0 Å². The summed E-state index contributed by atoms with van der Waals surface area (Å²) in [7, 11) is -2.99. The standard InChI is InChI=1S/C11H22N2O3S/c1-3-8(2)10(12)11(14)13-7-9-5-4-6-17(9,15)16/h8-10H,3-7,12H2,1-2H3,(H,13,14)/t8?,9?,10-/m0/s1. The summed E-state index contributed by atoms with van der Waals surface area (Å²) in [5.41, 5.74) is 5.76. The molecule has 2 unspecified atom stereocenters. The third kappa shape index (κ3) is 3.67. The molecule has 17 heavy (non-hydrogen) atoms. The molecule has 0 spiro atoms. The minimum Gasteiger partial charge on any atom is -0.353 e. The Morgan fingerprint density at radius 1 is 1.53 bits per heavy atom. The highest BCUT2D eigenvalue weighted by Gasteiger charge is 2.32. The lowest BCUT2D eigenvalue weighted by molar-refractivity contribution is -0.123. The van der Waals surface area contributed by atoms with E-state index in [0.29, 0.717) is 12.8 Å². The molecule has 0 bridgehead atoms. The molecule has 0 aromatic heterocycles. The molecule has 1 rings (SSSR count). The average Bonchev–Trinajstić information content (AvgIpc) is 2.63. The quantitative estimate of drug-likeness (QED) is 0.733. The highest BCUT2D eigenvalue weighted by atomic mass is 32.2. The molecule has 1 aliphatic heterocycles. The Labute approximate surface area is 103 Å². The van der Waals surface area contributed by atoms with Gasteiger partial charge < -0.3 is 11.1 Å². The normalized spacial score (nSPS) is 26.4. The van der Waals surface area contributed by atoms with Crippen LogP contribution in [0.2, 0.25) is 0 Å². The lowest BCUT2D eigenvalue weighted by Gasteiger charge is -2.19. The predicted octanol–water partition coefficient (Wildman–Crippen LogP) is 0.0532. The third-order valence-electron chi connectivity index (χ3n) is 3.53. The Balaban J connectivity index is 2.43. The first-order chi connectivity index (χ1) is 7.88. The minimum atomic E-state index is -2.99. The summed E-state index contributed by atoms with van der Waals surface area (Å²) in [4.78, 5) is 11.7. The lowest BCUT2D eigenvalue weighted by atomic mass is 9.99. The first kappa shape index (κ1) is 14.4. The number of carbonyl (C=O) groups excluding carboxylic acids is 1. The molecule has 0 aliphatic carbocycles. The van der Waals surface area contributed by atoms with Gasteiger partial charge in [-0.05, 0) is 18.8 Å². The lowest BCUT2D eigenvalue weighted by Crippen LogP contribution is -2.47. The molecule has 3 N–H and O–H groups in total. The number of hydrogen-bond donors (Lipinski definition) is 2. The van der Waals surface area contributed by atoms with Crippen molar-refractivity contribution in [3.63, 3.8) is 0 Å². The smallest absolute Gasteiger partial charge is 0.237 e. The van der Waals surface area contributed by atoms with E-state index >= 15 is 0 Å². The molecular formula is C11H22N2O3S. The molecular weight excluding hydrogens is 240 g/mol. The number of sulfone groups is 1. The maximum atomic E-state index is 11.7. The molecule has 1 heterocycles. The van der Waals surface area contributed by atoms with Gasteiger partial charge in [0.15, 0.2) is 9.84 Å². The second kappa shape index (κ2) is 5.82. The molecule has 5 nitrogen and oxygen atoms in total. The first-order valence-corrected chi connectivity index (χ1v) is 7.85. The van der Waals surface area contributed by atoms with Gasteiger partial charge in [-0.3, -0.25) is 4.79 Å².